The molecule has 9 heteroatoms. The Hall–Kier alpha value is -2.42. The zero-order valence-electron chi connectivity index (χ0n) is 16.4. The molecule has 0 radical (unpaired) electrons. The van der Waals surface area contributed by atoms with E-state index in [-0.39, 0.29) is 24.9 Å². The molecule has 2 aromatic rings. The van der Waals surface area contributed by atoms with E-state index in [0.29, 0.717) is 14.8 Å². The summed E-state index contributed by atoms with van der Waals surface area (Å²) < 4.78 is 0.483. The minimum Gasteiger partial charge on any atom is -0.481 e. The van der Waals surface area contributed by atoms with Crippen LogP contribution in [-0.2, 0) is 17.8 Å². The van der Waals surface area contributed by atoms with Gasteiger partial charge in [-0.1, -0.05) is 17.7 Å². The number of halogens is 1. The Morgan fingerprint density at radius 2 is 1.97 bits per heavy atom. The fourth-order valence-electron chi connectivity index (χ4n) is 4.05. The average Bonchev–Trinajstić information content (AvgIpc) is 3.33. The van der Waals surface area contributed by atoms with Crippen LogP contribution in [0.2, 0.25) is 4.34 Å². The highest BCUT2D eigenvalue weighted by Gasteiger charge is 2.41. The minimum atomic E-state index is -1.03. The molecule has 1 fully saturated rings. The van der Waals surface area contributed by atoms with E-state index >= 15 is 0 Å². The van der Waals surface area contributed by atoms with Crippen LogP contribution in [0.25, 0.3) is 0 Å². The van der Waals surface area contributed by atoms with Gasteiger partial charge in [0.2, 0.25) is 0 Å². The lowest BCUT2D eigenvalue weighted by Gasteiger charge is -2.25. The van der Waals surface area contributed by atoms with Gasteiger partial charge in [-0.2, -0.15) is 0 Å². The Labute approximate surface area is 183 Å². The van der Waals surface area contributed by atoms with Crippen molar-refractivity contribution >= 4 is 40.7 Å². The molecule has 30 heavy (non-hydrogen) atoms. The summed E-state index contributed by atoms with van der Waals surface area (Å²) in [5.41, 5.74) is 2.93. The van der Waals surface area contributed by atoms with Crippen LogP contribution >= 0.6 is 22.9 Å². The van der Waals surface area contributed by atoms with E-state index in [9.17, 15) is 19.5 Å². The molecule has 0 aliphatic carbocycles. The maximum absolute atomic E-state index is 13.1. The average molecular weight is 448 g/mol. The number of hydrogen-bond donors (Lipinski definition) is 2. The number of thiophene rings is 1. The first-order chi connectivity index (χ1) is 14.3. The number of likely N-dealkylation sites (N-methyl/N-ethyl adjacent to an activating group) is 1. The van der Waals surface area contributed by atoms with Gasteiger partial charge < -0.3 is 20.2 Å². The molecular formula is C21H22ClN3O4S. The number of carboxylic acids is 1. The van der Waals surface area contributed by atoms with Crippen LogP contribution in [0.3, 0.4) is 0 Å². The molecule has 0 unspecified atom stereocenters. The summed E-state index contributed by atoms with van der Waals surface area (Å²) in [5, 5.41) is 12.4. The second-order valence-electron chi connectivity index (χ2n) is 7.81. The number of aliphatic carboxylic acids is 1. The monoisotopic (exact) mass is 447 g/mol. The molecule has 1 saturated heterocycles. The number of rotatable bonds is 4. The third-order valence-corrected chi connectivity index (χ3v) is 6.92. The van der Waals surface area contributed by atoms with E-state index in [1.807, 2.05) is 12.1 Å². The lowest BCUT2D eigenvalue weighted by Crippen LogP contribution is -2.43. The predicted octanol–water partition coefficient (Wildman–Crippen LogP) is 2.34. The van der Waals surface area contributed by atoms with Crippen LogP contribution < -0.4 is 5.32 Å². The predicted molar refractivity (Wildman–Crippen MR) is 114 cm³/mol. The molecule has 1 aromatic heterocycles. The molecule has 2 atom stereocenters. The number of amides is 2. The maximum Gasteiger partial charge on any atom is 0.310 e. The van der Waals surface area contributed by atoms with Crippen LogP contribution in [0.5, 0.6) is 0 Å². The van der Waals surface area contributed by atoms with Crippen molar-refractivity contribution in [3.05, 3.63) is 56.2 Å². The van der Waals surface area contributed by atoms with Crippen molar-refractivity contribution in [1.82, 2.24) is 15.1 Å². The van der Waals surface area contributed by atoms with Crippen LogP contribution in [0, 0.1) is 5.92 Å². The normalized spacial score (nSPS) is 21.3. The molecule has 1 aromatic carbocycles. The SMILES string of the molecule is CN1CCc2cc(C(=O)N3C[C@@H](NC(=O)c4ccc(Cl)s4)[C@H](C(=O)O)C3)ccc2C1. The van der Waals surface area contributed by atoms with Gasteiger partial charge in [-0.05, 0) is 48.9 Å². The lowest BCUT2D eigenvalue weighted by molar-refractivity contribution is -0.141. The van der Waals surface area contributed by atoms with Gasteiger partial charge in [-0.25, -0.2) is 0 Å². The quantitative estimate of drug-likeness (QED) is 0.750. The van der Waals surface area contributed by atoms with Crippen molar-refractivity contribution in [2.45, 2.75) is 19.0 Å². The topological polar surface area (TPSA) is 90.0 Å². The molecule has 3 heterocycles. The van der Waals surface area contributed by atoms with Crippen molar-refractivity contribution in [2.75, 3.05) is 26.7 Å². The van der Waals surface area contributed by atoms with Gasteiger partial charge in [0.05, 0.1) is 21.2 Å². The molecule has 158 valence electrons. The summed E-state index contributed by atoms with van der Waals surface area (Å²) in [7, 11) is 2.07. The number of carboxylic acid groups (broad SMARTS) is 1. The number of benzene rings is 1. The number of hydrogen-bond acceptors (Lipinski definition) is 5. The van der Waals surface area contributed by atoms with E-state index in [1.54, 1.807) is 18.2 Å². The van der Waals surface area contributed by atoms with E-state index < -0.39 is 17.9 Å². The Morgan fingerprint density at radius 3 is 2.67 bits per heavy atom. The number of nitrogens with one attached hydrogen (secondary N) is 1. The number of carbonyl (C=O) groups is 3. The maximum atomic E-state index is 13.1. The van der Waals surface area contributed by atoms with Crippen molar-refractivity contribution in [3.63, 3.8) is 0 Å². The van der Waals surface area contributed by atoms with Crippen molar-refractivity contribution < 1.29 is 19.5 Å². The van der Waals surface area contributed by atoms with Gasteiger partial charge in [-0.3, -0.25) is 14.4 Å². The van der Waals surface area contributed by atoms with E-state index in [2.05, 4.69) is 17.3 Å². The second-order valence-corrected chi connectivity index (χ2v) is 9.52. The van der Waals surface area contributed by atoms with Gasteiger partial charge in [0.25, 0.3) is 11.8 Å². The summed E-state index contributed by atoms with van der Waals surface area (Å²) in [6.45, 7) is 2.01. The van der Waals surface area contributed by atoms with E-state index in [0.717, 1.165) is 36.4 Å². The third kappa shape index (κ3) is 4.21. The molecule has 7 nitrogen and oxygen atoms in total. The zero-order chi connectivity index (χ0) is 21.4. The number of fused-ring (bicyclic) bond motifs is 1. The highest BCUT2D eigenvalue weighted by molar-refractivity contribution is 7.18. The first kappa shape index (κ1) is 20.8. The number of carbonyl (C=O) groups excluding carboxylic acids is 2. The van der Waals surface area contributed by atoms with Crippen LogP contribution in [0.15, 0.2) is 30.3 Å². The molecule has 2 N–H and O–H groups in total. The zero-order valence-corrected chi connectivity index (χ0v) is 18.0. The molecule has 0 saturated carbocycles. The van der Waals surface area contributed by atoms with Gasteiger partial charge in [0, 0.05) is 31.7 Å². The molecule has 2 aliphatic heterocycles. The fourth-order valence-corrected chi connectivity index (χ4v) is 5.00. The molecule has 0 spiro atoms. The van der Waals surface area contributed by atoms with Gasteiger partial charge in [-0.15, -0.1) is 11.3 Å². The highest BCUT2D eigenvalue weighted by atomic mass is 35.5. The molecule has 4 rings (SSSR count). The third-order valence-electron chi connectivity index (χ3n) is 5.69. The van der Waals surface area contributed by atoms with Crippen LogP contribution in [-0.4, -0.2) is 65.4 Å². The van der Waals surface area contributed by atoms with Gasteiger partial charge >= 0.3 is 5.97 Å². The largest absolute Gasteiger partial charge is 0.481 e. The van der Waals surface area contributed by atoms with Crippen molar-refractivity contribution in [2.24, 2.45) is 5.92 Å². The fraction of sp³-hybridized carbons (Fsp3) is 0.381. The second kappa shape index (κ2) is 8.37. The standard InChI is InChI=1S/C21H22ClN3O4S/c1-24-7-6-12-8-13(2-3-14(12)9-24)20(27)25-10-15(21(28)29)16(11-25)23-19(26)17-4-5-18(22)30-17/h2-5,8,15-16H,6-7,9-11H2,1H3,(H,23,26)(H,28,29)/t15-,16-/m1/s1. The summed E-state index contributed by atoms with van der Waals surface area (Å²) in [5.74, 6) is -2.48. The Morgan fingerprint density at radius 1 is 1.17 bits per heavy atom. The highest BCUT2D eigenvalue weighted by Crippen LogP contribution is 2.25. The van der Waals surface area contributed by atoms with Crippen molar-refractivity contribution in [3.8, 4) is 0 Å². The molecule has 2 aliphatic rings. The number of nitrogens with zero attached hydrogens (tertiary/aromatic N) is 2. The summed E-state index contributed by atoms with van der Waals surface area (Å²) in [4.78, 5) is 41.4. The first-order valence-corrected chi connectivity index (χ1v) is 10.9. The van der Waals surface area contributed by atoms with Gasteiger partial charge in [0.1, 0.15) is 0 Å². The lowest BCUT2D eigenvalue weighted by atomic mass is 9.97. The molecule has 2 amide bonds. The summed E-state index contributed by atoms with van der Waals surface area (Å²) >= 11 is 7.01. The summed E-state index contributed by atoms with van der Waals surface area (Å²) in [6.07, 6.45) is 0.882. The summed E-state index contributed by atoms with van der Waals surface area (Å²) in [6, 6.07) is 8.25. The Kier molecular flexibility index (Phi) is 5.81. The first-order valence-electron chi connectivity index (χ1n) is 9.70. The van der Waals surface area contributed by atoms with Crippen LogP contribution in [0.4, 0.5) is 0 Å². The smallest absolute Gasteiger partial charge is 0.310 e. The van der Waals surface area contributed by atoms with E-state index in [1.165, 1.54) is 10.5 Å². The van der Waals surface area contributed by atoms with E-state index in [4.69, 9.17) is 11.6 Å². The number of likely N-dealkylation sites (tertiary alicyclic amines) is 1. The minimum absolute atomic E-state index is 0.0597. The molecule has 0 bridgehead atoms. The van der Waals surface area contributed by atoms with Crippen molar-refractivity contribution in [1.29, 1.82) is 0 Å². The Balaban J connectivity index is 1.49. The van der Waals surface area contributed by atoms with Crippen LogP contribution in [0.1, 0.15) is 31.2 Å². The van der Waals surface area contributed by atoms with Gasteiger partial charge in [0.15, 0.2) is 0 Å². The Bertz CT molecular complexity index is 1010. The molecular weight excluding hydrogens is 426 g/mol.